The molecule has 1 aliphatic heterocycles. The van der Waals surface area contributed by atoms with Gasteiger partial charge in [-0.3, -0.25) is 4.79 Å². The van der Waals surface area contributed by atoms with Crippen molar-refractivity contribution < 1.29 is 14.2 Å². The maximum atomic E-state index is 13.1. The molecule has 0 aliphatic carbocycles. The molecule has 0 bridgehead atoms. The zero-order chi connectivity index (χ0) is 25.3. The van der Waals surface area contributed by atoms with Crippen molar-refractivity contribution in [3.63, 3.8) is 0 Å². The van der Waals surface area contributed by atoms with Crippen LogP contribution in [-0.4, -0.2) is 36.1 Å². The Labute approximate surface area is 216 Å². The van der Waals surface area contributed by atoms with E-state index in [1.165, 1.54) is 11.3 Å². The highest BCUT2D eigenvalue weighted by molar-refractivity contribution is 7.22. The molecular weight excluding hydrogens is 490 g/mol. The van der Waals surface area contributed by atoms with Crippen molar-refractivity contribution in [3.05, 3.63) is 75.5 Å². The largest absolute Gasteiger partial charge is 0.374 e. The van der Waals surface area contributed by atoms with Crippen molar-refractivity contribution in [2.75, 3.05) is 13.2 Å². The van der Waals surface area contributed by atoms with Gasteiger partial charge in [-0.15, -0.1) is 11.3 Å². The molecule has 0 saturated carbocycles. The molecule has 190 valence electrons. The lowest BCUT2D eigenvalue weighted by molar-refractivity contribution is -0.0472. The van der Waals surface area contributed by atoms with Crippen LogP contribution < -0.4 is 5.56 Å². The number of benzene rings is 1. The fraction of sp³-hybridized carbons (Fsp3) is 0.407. The van der Waals surface area contributed by atoms with Gasteiger partial charge in [-0.25, -0.2) is 4.68 Å². The average molecular weight is 524 g/mol. The second kappa shape index (κ2) is 10.4. The maximum absolute atomic E-state index is 13.1. The Balaban J connectivity index is 1.38. The smallest absolute Gasteiger partial charge is 0.266 e. The first-order valence-corrected chi connectivity index (χ1v) is 16.8. The molecule has 1 unspecified atom stereocenters. The van der Waals surface area contributed by atoms with Crippen LogP contribution in [0, 0.1) is 6.92 Å². The van der Waals surface area contributed by atoms with E-state index in [4.69, 9.17) is 14.2 Å². The third-order valence-corrected chi connectivity index (χ3v) is 9.42. The first kappa shape index (κ1) is 25.1. The van der Waals surface area contributed by atoms with Gasteiger partial charge in [0.25, 0.3) is 5.56 Å². The average Bonchev–Trinajstić information content (AvgIpc) is 3.45. The summed E-state index contributed by atoms with van der Waals surface area (Å²) >= 11 is 1.49. The van der Waals surface area contributed by atoms with E-state index in [2.05, 4.69) is 35.8 Å². The highest BCUT2D eigenvalue weighted by Gasteiger charge is 2.27. The van der Waals surface area contributed by atoms with E-state index in [0.29, 0.717) is 31.3 Å². The topological polar surface area (TPSA) is 78.4 Å². The second-order valence-electron chi connectivity index (χ2n) is 10.5. The summed E-state index contributed by atoms with van der Waals surface area (Å²) < 4.78 is 20.5. The molecule has 5 rings (SSSR count). The third kappa shape index (κ3) is 5.40. The van der Waals surface area contributed by atoms with Crippen LogP contribution in [0.1, 0.15) is 28.6 Å². The highest BCUT2D eigenvalue weighted by Crippen LogP contribution is 2.38. The number of nitrogens with one attached hydrogen (secondary N) is 1. The van der Waals surface area contributed by atoms with E-state index in [1.54, 1.807) is 0 Å². The number of thiophene rings is 1. The number of nitrogens with zero attached hydrogens (tertiary/aromatic N) is 2. The van der Waals surface area contributed by atoms with E-state index in [1.807, 2.05) is 48.1 Å². The van der Waals surface area contributed by atoms with Crippen molar-refractivity contribution in [1.82, 2.24) is 14.8 Å². The summed E-state index contributed by atoms with van der Waals surface area (Å²) in [5, 5.41) is 5.48. The molecule has 36 heavy (non-hydrogen) atoms. The highest BCUT2D eigenvalue weighted by atomic mass is 32.1. The number of hydrogen-bond acceptors (Lipinski definition) is 6. The number of hydrogen-bond donors (Lipinski definition) is 1. The predicted octanol–water partition coefficient (Wildman–Crippen LogP) is 5.86. The number of pyridine rings is 1. The summed E-state index contributed by atoms with van der Waals surface area (Å²) in [6.45, 7) is 11.6. The van der Waals surface area contributed by atoms with E-state index in [9.17, 15) is 4.79 Å². The monoisotopic (exact) mass is 523 g/mol. The molecule has 4 heterocycles. The van der Waals surface area contributed by atoms with Crippen LogP contribution in [-0.2, 0) is 34.2 Å². The Morgan fingerprint density at radius 3 is 2.83 bits per heavy atom. The Kier molecular flexibility index (Phi) is 7.27. The molecular formula is C27H33N3O4SSi. The number of rotatable bonds is 9. The van der Waals surface area contributed by atoms with Gasteiger partial charge in [0.1, 0.15) is 17.5 Å². The molecule has 0 fully saturated rings. The summed E-state index contributed by atoms with van der Waals surface area (Å²) in [7, 11) is -1.13. The quantitative estimate of drug-likeness (QED) is 0.220. The van der Waals surface area contributed by atoms with Crippen molar-refractivity contribution in [2.45, 2.75) is 58.7 Å². The number of ether oxygens (including phenoxy) is 3. The van der Waals surface area contributed by atoms with Crippen molar-refractivity contribution in [3.8, 4) is 10.4 Å². The number of fused-ring (bicyclic) bond motifs is 3. The van der Waals surface area contributed by atoms with Gasteiger partial charge in [-0.05, 0) is 24.6 Å². The van der Waals surface area contributed by atoms with Crippen molar-refractivity contribution >= 4 is 29.5 Å². The van der Waals surface area contributed by atoms with Gasteiger partial charge in [0, 0.05) is 41.8 Å². The van der Waals surface area contributed by atoms with Crippen LogP contribution in [0.2, 0.25) is 25.7 Å². The second-order valence-corrected chi connectivity index (χ2v) is 17.2. The fourth-order valence-electron chi connectivity index (χ4n) is 4.35. The van der Waals surface area contributed by atoms with E-state index in [-0.39, 0.29) is 11.7 Å². The van der Waals surface area contributed by atoms with Gasteiger partial charge < -0.3 is 19.2 Å². The Morgan fingerprint density at radius 1 is 1.25 bits per heavy atom. The number of aromatic nitrogens is 3. The summed E-state index contributed by atoms with van der Waals surface area (Å²) in [4.78, 5) is 17.2. The third-order valence-electron chi connectivity index (χ3n) is 6.55. The molecule has 0 radical (unpaired) electrons. The molecule has 0 saturated heterocycles. The minimum absolute atomic E-state index is 0.0880. The van der Waals surface area contributed by atoms with Crippen LogP contribution in [0.3, 0.4) is 0 Å². The number of H-pyrrole nitrogens is 1. The zero-order valence-corrected chi connectivity index (χ0v) is 23.1. The van der Waals surface area contributed by atoms with E-state index in [0.717, 1.165) is 51.0 Å². The van der Waals surface area contributed by atoms with Gasteiger partial charge in [0.05, 0.1) is 31.7 Å². The van der Waals surface area contributed by atoms with Gasteiger partial charge in [-0.1, -0.05) is 50.0 Å². The van der Waals surface area contributed by atoms with Crippen molar-refractivity contribution in [2.24, 2.45) is 0 Å². The first-order chi connectivity index (χ1) is 17.3. The summed E-state index contributed by atoms with van der Waals surface area (Å²) in [6.07, 6.45) is 1.55. The minimum Gasteiger partial charge on any atom is -0.374 e. The Morgan fingerprint density at radius 2 is 2.06 bits per heavy atom. The van der Waals surface area contributed by atoms with E-state index >= 15 is 0 Å². The molecule has 0 spiro atoms. The number of aromatic amines is 1. The fourth-order valence-corrected chi connectivity index (χ4v) is 6.25. The SMILES string of the molecule is Cc1c(-c2cc3c4c([nH]c(=O)c3s2)C(OCc2ccccc2)COC4)cnn1COCC[Si](C)(C)C. The predicted molar refractivity (Wildman–Crippen MR) is 146 cm³/mol. The molecule has 7 nitrogen and oxygen atoms in total. The van der Waals surface area contributed by atoms with Crippen molar-refractivity contribution in [1.29, 1.82) is 0 Å². The van der Waals surface area contributed by atoms with Gasteiger partial charge in [0.2, 0.25) is 0 Å². The van der Waals surface area contributed by atoms with Crippen LogP contribution >= 0.6 is 11.3 Å². The van der Waals surface area contributed by atoms with Gasteiger partial charge >= 0.3 is 0 Å². The molecule has 4 aromatic rings. The summed E-state index contributed by atoms with van der Waals surface area (Å²) in [5.41, 5.74) is 4.86. The summed E-state index contributed by atoms with van der Waals surface area (Å²) in [5.74, 6) is 0. The minimum atomic E-state index is -1.13. The molecule has 0 amide bonds. The molecule has 1 N–H and O–H groups in total. The van der Waals surface area contributed by atoms with Crippen LogP contribution in [0.4, 0.5) is 0 Å². The molecule has 1 aliphatic rings. The van der Waals surface area contributed by atoms with Gasteiger partial charge in [0.15, 0.2) is 0 Å². The lowest BCUT2D eigenvalue weighted by atomic mass is 10.0. The molecule has 9 heteroatoms. The summed E-state index contributed by atoms with van der Waals surface area (Å²) in [6, 6.07) is 13.2. The van der Waals surface area contributed by atoms with Crippen LogP contribution in [0.15, 0.2) is 47.4 Å². The van der Waals surface area contributed by atoms with E-state index < -0.39 is 8.07 Å². The Bertz CT molecular complexity index is 1400. The van der Waals surface area contributed by atoms with Crippen LogP contribution in [0.5, 0.6) is 0 Å². The lowest BCUT2D eigenvalue weighted by Gasteiger charge is -2.26. The standard InChI is InChI=1S/C27H33N3O4SSi/c1-18-21(13-28-30(18)17-32-10-11-36(2,3)4)24-12-20-22-15-33-16-23(25(22)29-27(31)26(20)35-24)34-14-19-8-6-5-7-9-19/h5-9,12-13,23H,10-11,14-17H2,1-4H3,(H,29,31). The first-order valence-electron chi connectivity index (χ1n) is 12.3. The maximum Gasteiger partial charge on any atom is 0.266 e. The zero-order valence-electron chi connectivity index (χ0n) is 21.3. The lowest BCUT2D eigenvalue weighted by Crippen LogP contribution is -2.24. The Hall–Kier alpha value is -2.56. The van der Waals surface area contributed by atoms with Gasteiger partial charge in [-0.2, -0.15) is 5.10 Å². The molecule has 1 atom stereocenters. The van der Waals surface area contributed by atoms with Crippen LogP contribution in [0.25, 0.3) is 20.5 Å². The molecule has 1 aromatic carbocycles. The molecule has 3 aromatic heterocycles. The normalized spacial score (nSPS) is 15.9.